The van der Waals surface area contributed by atoms with Gasteiger partial charge in [-0.05, 0) is 6.92 Å². The van der Waals surface area contributed by atoms with Gasteiger partial charge in [-0.25, -0.2) is 0 Å². The number of nitrogens with one attached hydrogen (secondary N) is 1. The maximum Gasteiger partial charge on any atom is 0.0238 e. The summed E-state index contributed by atoms with van der Waals surface area (Å²) in [5, 5.41) is 3.17. The molecule has 0 aliphatic carbocycles. The van der Waals surface area contributed by atoms with Gasteiger partial charge in [-0.1, -0.05) is 6.08 Å². The predicted octanol–water partition coefficient (Wildman–Crippen LogP) is 1.17. The highest BCUT2D eigenvalue weighted by Crippen LogP contribution is 1.85. The van der Waals surface area contributed by atoms with Gasteiger partial charge in [0, 0.05) is 19.0 Å². The van der Waals surface area contributed by atoms with E-state index in [1.165, 1.54) is 0 Å². The molecule has 1 N–H and O–H groups in total. The highest BCUT2D eigenvalue weighted by molar-refractivity contribution is 4.88. The van der Waals surface area contributed by atoms with Gasteiger partial charge < -0.3 is 5.32 Å². The molecule has 0 amide bonds. The minimum absolute atomic E-state index is 0.410. The summed E-state index contributed by atoms with van der Waals surface area (Å²) in [6.45, 7) is 6.47. The topological polar surface area (TPSA) is 12.0 Å². The number of terminal acetylenes is 1. The van der Waals surface area contributed by atoms with Crippen LogP contribution in [0, 0.1) is 12.3 Å². The molecule has 0 rings (SSSR count). The van der Waals surface area contributed by atoms with Crippen LogP contribution in [0.15, 0.2) is 12.7 Å². The first-order chi connectivity index (χ1) is 4.31. The lowest BCUT2D eigenvalue weighted by atomic mass is 10.2. The quantitative estimate of drug-likeness (QED) is 0.437. The van der Waals surface area contributed by atoms with E-state index in [2.05, 4.69) is 24.7 Å². The number of hydrogen-bond acceptors (Lipinski definition) is 1. The maximum atomic E-state index is 5.09. The van der Waals surface area contributed by atoms with E-state index in [0.29, 0.717) is 6.04 Å². The van der Waals surface area contributed by atoms with Crippen molar-refractivity contribution in [3.05, 3.63) is 12.7 Å². The molecular formula is C8H13N. The molecular weight excluding hydrogens is 110 g/mol. The average Bonchev–Trinajstić information content (AvgIpc) is 1.85. The molecule has 9 heavy (non-hydrogen) atoms. The third kappa shape index (κ3) is 5.13. The maximum absolute atomic E-state index is 5.09. The summed E-state index contributed by atoms with van der Waals surface area (Å²) in [5.74, 6) is 2.58. The first-order valence-corrected chi connectivity index (χ1v) is 3.09. The Morgan fingerprint density at radius 1 is 1.89 bits per heavy atom. The van der Waals surface area contributed by atoms with Crippen LogP contribution in [0.1, 0.15) is 13.3 Å². The van der Waals surface area contributed by atoms with Crippen molar-refractivity contribution in [3.8, 4) is 12.3 Å². The van der Waals surface area contributed by atoms with Gasteiger partial charge in [-0.2, -0.15) is 0 Å². The molecule has 1 heteroatoms. The van der Waals surface area contributed by atoms with E-state index in [0.717, 1.165) is 13.0 Å². The monoisotopic (exact) mass is 123 g/mol. The van der Waals surface area contributed by atoms with Crippen LogP contribution in [0.25, 0.3) is 0 Å². The van der Waals surface area contributed by atoms with Crippen LogP contribution in [0.5, 0.6) is 0 Å². The van der Waals surface area contributed by atoms with Crippen molar-refractivity contribution in [2.75, 3.05) is 6.54 Å². The fourth-order valence-electron chi connectivity index (χ4n) is 0.533. The van der Waals surface area contributed by atoms with Crippen LogP contribution >= 0.6 is 0 Å². The van der Waals surface area contributed by atoms with Gasteiger partial charge in [0.05, 0.1) is 0 Å². The first-order valence-electron chi connectivity index (χ1n) is 3.09. The molecule has 1 atom stereocenters. The molecule has 0 aromatic rings. The summed E-state index contributed by atoms with van der Waals surface area (Å²) in [4.78, 5) is 0. The molecule has 0 aliphatic rings. The Morgan fingerprint density at radius 3 is 3.00 bits per heavy atom. The number of hydrogen-bond donors (Lipinski definition) is 1. The molecule has 0 heterocycles. The van der Waals surface area contributed by atoms with E-state index in [4.69, 9.17) is 6.42 Å². The van der Waals surface area contributed by atoms with Gasteiger partial charge >= 0.3 is 0 Å². The van der Waals surface area contributed by atoms with Crippen LogP contribution in [0.4, 0.5) is 0 Å². The van der Waals surface area contributed by atoms with Crippen molar-refractivity contribution in [1.29, 1.82) is 0 Å². The van der Waals surface area contributed by atoms with E-state index in [9.17, 15) is 0 Å². The largest absolute Gasteiger partial charge is 0.310 e. The highest BCUT2D eigenvalue weighted by atomic mass is 14.9. The summed E-state index contributed by atoms with van der Waals surface area (Å²) in [5.41, 5.74) is 0. The molecule has 0 radical (unpaired) electrons. The van der Waals surface area contributed by atoms with Crippen molar-refractivity contribution in [2.45, 2.75) is 19.4 Å². The summed E-state index contributed by atoms with van der Waals surface area (Å²) in [6, 6.07) is 0.410. The van der Waals surface area contributed by atoms with E-state index in [1.54, 1.807) is 0 Å². The van der Waals surface area contributed by atoms with Crippen molar-refractivity contribution < 1.29 is 0 Å². The second-order valence-corrected chi connectivity index (χ2v) is 2.01. The predicted molar refractivity (Wildman–Crippen MR) is 41.1 cm³/mol. The molecule has 50 valence electrons. The summed E-state index contributed by atoms with van der Waals surface area (Å²) >= 11 is 0. The zero-order chi connectivity index (χ0) is 7.11. The normalized spacial score (nSPS) is 12.0. The minimum atomic E-state index is 0.410. The van der Waals surface area contributed by atoms with Crippen LogP contribution in [-0.2, 0) is 0 Å². The zero-order valence-electron chi connectivity index (χ0n) is 5.85. The van der Waals surface area contributed by atoms with Gasteiger partial charge in [0.1, 0.15) is 0 Å². The van der Waals surface area contributed by atoms with Gasteiger partial charge in [0.2, 0.25) is 0 Å². The fraction of sp³-hybridized carbons (Fsp3) is 0.500. The molecule has 0 aromatic heterocycles. The summed E-state index contributed by atoms with van der Waals surface area (Å²) in [7, 11) is 0. The fourth-order valence-corrected chi connectivity index (χ4v) is 0.533. The molecule has 0 fully saturated rings. The second-order valence-electron chi connectivity index (χ2n) is 2.01. The third-order valence-electron chi connectivity index (χ3n) is 1.03. The van der Waals surface area contributed by atoms with Crippen molar-refractivity contribution in [3.63, 3.8) is 0 Å². The minimum Gasteiger partial charge on any atom is -0.310 e. The Kier molecular flexibility index (Phi) is 4.95. The van der Waals surface area contributed by atoms with Crippen molar-refractivity contribution in [1.82, 2.24) is 5.32 Å². The highest BCUT2D eigenvalue weighted by Gasteiger charge is 1.93. The van der Waals surface area contributed by atoms with E-state index in [-0.39, 0.29) is 0 Å². The van der Waals surface area contributed by atoms with Crippen LogP contribution in [0.2, 0.25) is 0 Å². The molecule has 1 nitrogen and oxygen atoms in total. The molecule has 0 aliphatic heterocycles. The zero-order valence-corrected chi connectivity index (χ0v) is 5.85. The molecule has 0 aromatic carbocycles. The van der Waals surface area contributed by atoms with Crippen molar-refractivity contribution in [2.24, 2.45) is 0 Å². The Hall–Kier alpha value is -0.740. The third-order valence-corrected chi connectivity index (χ3v) is 1.03. The number of rotatable bonds is 4. The lowest BCUT2D eigenvalue weighted by Crippen LogP contribution is -2.25. The molecule has 0 saturated carbocycles. The standard InChI is InChI=1S/C8H13N/c1-4-6-8(3)9-7-5-2/h1,5,8-9H,2,6-7H2,3H3. The van der Waals surface area contributed by atoms with Gasteiger partial charge in [-0.3, -0.25) is 0 Å². The average molecular weight is 123 g/mol. The smallest absolute Gasteiger partial charge is 0.0238 e. The lowest BCUT2D eigenvalue weighted by Gasteiger charge is -2.06. The van der Waals surface area contributed by atoms with Gasteiger partial charge in [0.15, 0.2) is 0 Å². The van der Waals surface area contributed by atoms with E-state index in [1.807, 2.05) is 6.08 Å². The molecule has 0 bridgehead atoms. The van der Waals surface area contributed by atoms with Crippen LogP contribution in [0.3, 0.4) is 0 Å². The SMILES string of the molecule is C#CCC(C)NCC=C. The van der Waals surface area contributed by atoms with Crippen molar-refractivity contribution >= 4 is 0 Å². The second kappa shape index (κ2) is 5.40. The molecule has 0 spiro atoms. The summed E-state index contributed by atoms with van der Waals surface area (Å²) in [6.07, 6.45) is 7.70. The van der Waals surface area contributed by atoms with Gasteiger partial charge in [-0.15, -0.1) is 18.9 Å². The van der Waals surface area contributed by atoms with E-state index < -0.39 is 0 Å². The Morgan fingerprint density at radius 2 is 2.56 bits per heavy atom. The van der Waals surface area contributed by atoms with E-state index >= 15 is 0 Å². The van der Waals surface area contributed by atoms with Crippen LogP contribution in [-0.4, -0.2) is 12.6 Å². The molecule has 0 saturated heterocycles. The first kappa shape index (κ1) is 8.26. The van der Waals surface area contributed by atoms with Crippen LogP contribution < -0.4 is 5.32 Å². The summed E-state index contributed by atoms with van der Waals surface area (Å²) < 4.78 is 0. The molecule has 1 unspecified atom stereocenters. The van der Waals surface area contributed by atoms with Gasteiger partial charge in [0.25, 0.3) is 0 Å². The Labute approximate surface area is 57.2 Å². The Bertz CT molecular complexity index is 110. The Balaban J connectivity index is 3.17. The lowest BCUT2D eigenvalue weighted by molar-refractivity contribution is 0.598.